The zero-order valence-electron chi connectivity index (χ0n) is 16.0. The molecule has 1 aliphatic carbocycles. The molecule has 10 nitrogen and oxygen atoms in total. The van der Waals surface area contributed by atoms with Gasteiger partial charge in [0.05, 0.1) is 39.4 Å². The lowest BCUT2D eigenvalue weighted by molar-refractivity contribution is -1.07. The van der Waals surface area contributed by atoms with Crippen LogP contribution in [0.25, 0.3) is 0 Å². The number of nitrogens with two attached hydrogens (primary N) is 1. The predicted molar refractivity (Wildman–Crippen MR) is 99.0 cm³/mol. The van der Waals surface area contributed by atoms with Gasteiger partial charge in [0.1, 0.15) is 17.9 Å². The van der Waals surface area contributed by atoms with E-state index >= 15 is 0 Å². The van der Waals surface area contributed by atoms with Crippen LogP contribution in [0.4, 0.5) is 11.4 Å². The number of quaternary nitrogens is 2. The van der Waals surface area contributed by atoms with Crippen LogP contribution in [0.15, 0.2) is 12.2 Å². The molecule has 27 heavy (non-hydrogen) atoms. The molecule has 1 aromatic carbocycles. The second-order valence-corrected chi connectivity index (χ2v) is 6.35. The summed E-state index contributed by atoms with van der Waals surface area (Å²) in [6.45, 7) is 1.13. The fourth-order valence-corrected chi connectivity index (χ4v) is 2.48. The van der Waals surface area contributed by atoms with Gasteiger partial charge < -0.3 is 21.3 Å². The normalized spacial score (nSPS) is 13.1. The van der Waals surface area contributed by atoms with E-state index in [2.05, 4.69) is 16.1 Å². The summed E-state index contributed by atoms with van der Waals surface area (Å²) >= 11 is 0. The first kappa shape index (κ1) is 22.4. The highest BCUT2D eigenvalue weighted by atomic mass is 16.7. The summed E-state index contributed by atoms with van der Waals surface area (Å²) in [5, 5.41) is 23.4. The standard InChI is InChI=1S/C16H21N3O5.CH6NO/c1-19(2,24-3)8-4-7-18-14-13(17)15(22)11-9(20)5-6-10(21)12(11)16(14)23;1-3-2/h5-6H,4,7-8H2,1-3H3,(H4-,17,18,20,21,22,23);1-2H3/q;+1/p+1. The topological polar surface area (TPSA) is 159 Å². The molecule has 0 aliphatic heterocycles. The molecule has 0 radical (unpaired) electrons. The molecule has 0 saturated carbocycles. The molecule has 0 atom stereocenters. The van der Waals surface area contributed by atoms with Crippen LogP contribution in [0.3, 0.4) is 0 Å². The van der Waals surface area contributed by atoms with E-state index in [1.807, 2.05) is 14.1 Å². The predicted octanol–water partition coefficient (Wildman–Crippen LogP) is -0.155. The number of hydrogen-bond acceptors (Lipinski definition) is 8. The molecular weight excluding hydrogens is 356 g/mol. The number of carbonyl (C=O) groups excluding carboxylic acids is 2. The highest BCUT2D eigenvalue weighted by molar-refractivity contribution is 6.26. The monoisotopic (exact) mass is 384 g/mol. The molecule has 8 N–H and O–H groups in total. The van der Waals surface area contributed by atoms with Gasteiger partial charge in [-0.15, -0.1) is 0 Å². The number of rotatable bonds is 6. The Balaban J connectivity index is 0.00000114. The molecule has 10 heteroatoms. The van der Waals surface area contributed by atoms with Gasteiger partial charge in [0.25, 0.3) is 0 Å². The molecule has 0 unspecified atom stereocenters. The zero-order valence-corrected chi connectivity index (χ0v) is 16.0. The third-order valence-corrected chi connectivity index (χ3v) is 4.03. The van der Waals surface area contributed by atoms with Crippen molar-refractivity contribution >= 4 is 22.9 Å². The molecule has 2 rings (SSSR count). The quantitative estimate of drug-likeness (QED) is 0.113. The number of phenols is 2. The minimum absolute atomic E-state index is 0.0467. The first-order valence-electron chi connectivity index (χ1n) is 8.16. The van der Waals surface area contributed by atoms with Gasteiger partial charge in [0.15, 0.2) is 23.1 Å². The summed E-state index contributed by atoms with van der Waals surface area (Å²) in [5.41, 5.74) is 5.21. The SMILES string of the molecule is CO[N+](C)(C)CCCNc1c(N)c(O)c2c(c1O)C(=O)C=CC2=O.CO[NH3+]. The van der Waals surface area contributed by atoms with Gasteiger partial charge in [-0.1, -0.05) is 0 Å². The average molecular weight is 384 g/mol. The molecule has 0 heterocycles. The lowest BCUT2D eigenvalue weighted by atomic mass is 9.91. The van der Waals surface area contributed by atoms with E-state index in [-0.39, 0.29) is 22.5 Å². The maximum Gasteiger partial charge on any atom is 0.190 e. The van der Waals surface area contributed by atoms with Crippen molar-refractivity contribution in [1.82, 2.24) is 0 Å². The summed E-state index contributed by atoms with van der Waals surface area (Å²) in [7, 11) is 6.91. The Morgan fingerprint density at radius 1 is 1.11 bits per heavy atom. The first-order chi connectivity index (χ1) is 12.6. The average Bonchev–Trinajstić information content (AvgIpc) is 2.61. The number of ketones is 2. The van der Waals surface area contributed by atoms with Gasteiger partial charge in [0, 0.05) is 13.0 Å². The molecule has 1 aliphatic rings. The van der Waals surface area contributed by atoms with Gasteiger partial charge in [-0.3, -0.25) is 9.59 Å². The number of anilines is 2. The van der Waals surface area contributed by atoms with E-state index in [1.54, 1.807) is 7.11 Å². The lowest BCUT2D eigenvalue weighted by Crippen LogP contribution is -2.46. The fraction of sp³-hybridized carbons (Fsp3) is 0.412. The van der Waals surface area contributed by atoms with Gasteiger partial charge in [-0.25, -0.2) is 15.6 Å². The second-order valence-electron chi connectivity index (χ2n) is 6.35. The molecule has 1 aromatic rings. The van der Waals surface area contributed by atoms with Gasteiger partial charge in [0.2, 0.25) is 0 Å². The number of hydroxylamine groups is 3. The molecule has 0 amide bonds. The summed E-state index contributed by atoms with van der Waals surface area (Å²) in [4.78, 5) is 33.1. The summed E-state index contributed by atoms with van der Waals surface area (Å²) in [6.07, 6.45) is 2.79. The summed E-state index contributed by atoms with van der Waals surface area (Å²) in [6, 6.07) is 0. The Labute approximate surface area is 157 Å². The number of nitrogens with one attached hydrogen (secondary N) is 1. The van der Waals surface area contributed by atoms with Crippen LogP contribution in [0, 0.1) is 0 Å². The van der Waals surface area contributed by atoms with Gasteiger partial charge in [-0.05, 0) is 12.2 Å². The van der Waals surface area contributed by atoms with Crippen LogP contribution in [0.5, 0.6) is 11.5 Å². The fourth-order valence-electron chi connectivity index (χ4n) is 2.48. The Hall–Kier alpha value is -2.66. The van der Waals surface area contributed by atoms with Gasteiger partial charge in [-0.2, -0.15) is 4.65 Å². The lowest BCUT2D eigenvalue weighted by Gasteiger charge is -2.25. The van der Waals surface area contributed by atoms with E-state index in [0.29, 0.717) is 24.2 Å². The van der Waals surface area contributed by atoms with Crippen LogP contribution >= 0.6 is 0 Å². The van der Waals surface area contributed by atoms with Crippen molar-refractivity contribution in [3.8, 4) is 11.5 Å². The maximum absolute atomic E-state index is 12.0. The smallest absolute Gasteiger partial charge is 0.190 e. The van der Waals surface area contributed by atoms with E-state index in [1.165, 1.54) is 7.11 Å². The Kier molecular flexibility index (Phi) is 7.73. The van der Waals surface area contributed by atoms with Crippen molar-refractivity contribution in [3.05, 3.63) is 23.3 Å². The minimum atomic E-state index is -0.574. The maximum atomic E-state index is 12.0. The largest absolute Gasteiger partial charge is 0.505 e. The van der Waals surface area contributed by atoms with E-state index in [0.717, 1.165) is 12.2 Å². The highest BCUT2D eigenvalue weighted by Crippen LogP contribution is 2.45. The van der Waals surface area contributed by atoms with E-state index < -0.39 is 23.1 Å². The molecule has 0 saturated heterocycles. The van der Waals surface area contributed by atoms with Crippen LogP contribution in [0.1, 0.15) is 27.1 Å². The first-order valence-corrected chi connectivity index (χ1v) is 8.16. The van der Waals surface area contributed by atoms with Crippen molar-refractivity contribution in [3.63, 3.8) is 0 Å². The number of aromatic hydroxyl groups is 2. The second kappa shape index (κ2) is 9.33. The van der Waals surface area contributed by atoms with E-state index in [4.69, 9.17) is 10.6 Å². The molecule has 0 bridgehead atoms. The molecular formula is C17H28N4O6+2. The number of benzene rings is 1. The van der Waals surface area contributed by atoms with Crippen molar-refractivity contribution in [1.29, 1.82) is 0 Å². The van der Waals surface area contributed by atoms with Crippen LogP contribution < -0.4 is 16.9 Å². The molecule has 0 spiro atoms. The molecule has 0 fully saturated rings. The number of nitrogen functional groups attached to an aromatic ring is 1. The number of nitrogens with zero attached hydrogens (tertiary/aromatic N) is 1. The van der Waals surface area contributed by atoms with Crippen molar-refractivity contribution < 1.29 is 40.0 Å². The molecule has 0 aromatic heterocycles. The summed E-state index contributed by atoms with van der Waals surface area (Å²) < 4.78 is 0.358. The van der Waals surface area contributed by atoms with Crippen molar-refractivity contribution in [2.75, 3.05) is 52.5 Å². The van der Waals surface area contributed by atoms with Crippen molar-refractivity contribution in [2.24, 2.45) is 0 Å². The van der Waals surface area contributed by atoms with Crippen LogP contribution in [0.2, 0.25) is 0 Å². The van der Waals surface area contributed by atoms with Crippen LogP contribution in [-0.4, -0.2) is 67.8 Å². The highest BCUT2D eigenvalue weighted by Gasteiger charge is 2.31. The summed E-state index contributed by atoms with van der Waals surface area (Å²) in [5.74, 6) is 0.928. The third kappa shape index (κ3) is 5.17. The van der Waals surface area contributed by atoms with Crippen LogP contribution in [-0.2, 0) is 9.68 Å². The Bertz CT molecular complexity index is 746. The van der Waals surface area contributed by atoms with E-state index in [9.17, 15) is 19.8 Å². The Morgan fingerprint density at radius 2 is 1.59 bits per heavy atom. The Morgan fingerprint density at radius 3 is 2.07 bits per heavy atom. The number of carbonyl (C=O) groups is 2. The number of phenolic OH excluding ortho intramolecular Hbond substituents is 2. The van der Waals surface area contributed by atoms with Gasteiger partial charge >= 0.3 is 0 Å². The third-order valence-electron chi connectivity index (χ3n) is 4.03. The number of fused-ring (bicyclic) bond motifs is 1. The number of hydrogen-bond donors (Lipinski definition) is 5. The zero-order chi connectivity index (χ0) is 20.8. The van der Waals surface area contributed by atoms with Crippen molar-refractivity contribution in [2.45, 2.75) is 6.42 Å². The number of allylic oxidation sites excluding steroid dienone is 2. The molecule has 150 valence electrons. The minimum Gasteiger partial charge on any atom is -0.505 e.